The topological polar surface area (TPSA) is 95.1 Å². The number of carbonyl (C=O) groups excluding carboxylic acids is 2. The first-order valence-electron chi connectivity index (χ1n) is 9.62. The van der Waals surface area contributed by atoms with Crippen LogP contribution in [0.5, 0.6) is 0 Å². The van der Waals surface area contributed by atoms with Crippen LogP contribution < -0.4 is 4.90 Å². The maximum absolute atomic E-state index is 13.1. The van der Waals surface area contributed by atoms with Crippen molar-refractivity contribution >= 4 is 17.5 Å². The van der Waals surface area contributed by atoms with Gasteiger partial charge in [0.1, 0.15) is 18.4 Å². The largest absolute Gasteiger partial charge is 0.322 e. The molecular weight excluding hydrogens is 356 g/mol. The zero-order valence-corrected chi connectivity index (χ0v) is 15.8. The van der Waals surface area contributed by atoms with E-state index in [4.69, 9.17) is 0 Å². The lowest BCUT2D eigenvalue weighted by Gasteiger charge is -2.39. The summed E-state index contributed by atoms with van der Waals surface area (Å²) in [7, 11) is 0. The SMILES string of the molecule is C[C@H]1CN(c2ccccc2C#N)C(=O)CN1C(=O)c1nnc2n1CCCCC2. The van der Waals surface area contributed by atoms with Gasteiger partial charge in [-0.1, -0.05) is 18.6 Å². The molecule has 0 bridgehead atoms. The third kappa shape index (κ3) is 3.13. The second-order valence-corrected chi connectivity index (χ2v) is 7.32. The van der Waals surface area contributed by atoms with Crippen molar-refractivity contribution < 1.29 is 9.59 Å². The minimum Gasteiger partial charge on any atom is -0.322 e. The Kier molecular flexibility index (Phi) is 4.82. The number of nitriles is 1. The van der Waals surface area contributed by atoms with E-state index in [0.717, 1.165) is 38.1 Å². The molecule has 0 spiro atoms. The van der Waals surface area contributed by atoms with Crippen molar-refractivity contribution in [1.29, 1.82) is 5.26 Å². The molecule has 3 heterocycles. The van der Waals surface area contributed by atoms with E-state index < -0.39 is 0 Å². The highest BCUT2D eigenvalue weighted by Gasteiger charge is 2.36. The average Bonchev–Trinajstić information content (AvgIpc) is 2.97. The summed E-state index contributed by atoms with van der Waals surface area (Å²) in [5, 5.41) is 17.7. The number of para-hydroxylation sites is 1. The molecule has 1 saturated heterocycles. The fraction of sp³-hybridized carbons (Fsp3) is 0.450. The third-order valence-electron chi connectivity index (χ3n) is 5.46. The van der Waals surface area contributed by atoms with Gasteiger partial charge in [-0.2, -0.15) is 5.26 Å². The number of anilines is 1. The van der Waals surface area contributed by atoms with E-state index in [1.54, 1.807) is 34.1 Å². The number of nitrogens with zero attached hydrogens (tertiary/aromatic N) is 6. The highest BCUT2D eigenvalue weighted by molar-refractivity contribution is 6.01. The smallest absolute Gasteiger partial charge is 0.292 e. The van der Waals surface area contributed by atoms with Crippen LogP contribution in [0.1, 0.15) is 48.2 Å². The van der Waals surface area contributed by atoms with Crippen molar-refractivity contribution in [2.24, 2.45) is 0 Å². The van der Waals surface area contributed by atoms with Crippen molar-refractivity contribution in [3.05, 3.63) is 41.5 Å². The molecule has 0 unspecified atom stereocenters. The van der Waals surface area contributed by atoms with Crippen LogP contribution in [0.2, 0.25) is 0 Å². The molecule has 0 N–H and O–H groups in total. The average molecular weight is 378 g/mol. The summed E-state index contributed by atoms with van der Waals surface area (Å²) in [5.41, 5.74) is 1.04. The number of carbonyl (C=O) groups is 2. The Labute approximate surface area is 163 Å². The summed E-state index contributed by atoms with van der Waals surface area (Å²) in [6.45, 7) is 2.94. The Balaban J connectivity index is 1.57. The third-order valence-corrected chi connectivity index (χ3v) is 5.46. The highest BCUT2D eigenvalue weighted by atomic mass is 16.2. The van der Waals surface area contributed by atoms with E-state index in [9.17, 15) is 14.9 Å². The molecule has 1 atom stereocenters. The van der Waals surface area contributed by atoms with Gasteiger partial charge in [-0.05, 0) is 31.9 Å². The Hall–Kier alpha value is -3.21. The molecule has 4 rings (SSSR count). The van der Waals surface area contributed by atoms with E-state index in [0.29, 0.717) is 23.6 Å². The predicted molar refractivity (Wildman–Crippen MR) is 102 cm³/mol. The Morgan fingerprint density at radius 3 is 2.86 bits per heavy atom. The molecule has 1 fully saturated rings. The summed E-state index contributed by atoms with van der Waals surface area (Å²) in [6.07, 6.45) is 3.99. The summed E-state index contributed by atoms with van der Waals surface area (Å²) < 4.78 is 1.91. The zero-order valence-electron chi connectivity index (χ0n) is 15.8. The lowest BCUT2D eigenvalue weighted by atomic mass is 10.1. The van der Waals surface area contributed by atoms with Gasteiger partial charge >= 0.3 is 0 Å². The normalized spacial score (nSPS) is 19.7. The summed E-state index contributed by atoms with van der Waals surface area (Å²) in [6, 6.07) is 8.96. The van der Waals surface area contributed by atoms with Crippen LogP contribution in [-0.4, -0.2) is 50.6 Å². The highest BCUT2D eigenvalue weighted by Crippen LogP contribution is 2.25. The second-order valence-electron chi connectivity index (χ2n) is 7.32. The lowest BCUT2D eigenvalue weighted by molar-refractivity contribution is -0.121. The van der Waals surface area contributed by atoms with E-state index in [-0.39, 0.29) is 24.4 Å². The fourth-order valence-corrected chi connectivity index (χ4v) is 3.93. The molecule has 0 saturated carbocycles. The first kappa shape index (κ1) is 18.2. The van der Waals surface area contributed by atoms with Crippen LogP contribution in [0.25, 0.3) is 0 Å². The molecule has 1 aromatic heterocycles. The van der Waals surface area contributed by atoms with Crippen molar-refractivity contribution in [2.45, 2.75) is 45.2 Å². The minimum absolute atomic E-state index is 0.0397. The van der Waals surface area contributed by atoms with Gasteiger partial charge in [0.15, 0.2) is 0 Å². The van der Waals surface area contributed by atoms with Gasteiger partial charge in [-0.15, -0.1) is 10.2 Å². The van der Waals surface area contributed by atoms with Gasteiger partial charge < -0.3 is 14.4 Å². The van der Waals surface area contributed by atoms with Crippen LogP contribution in [0.3, 0.4) is 0 Å². The van der Waals surface area contributed by atoms with E-state index in [1.165, 1.54) is 0 Å². The number of rotatable bonds is 2. The second kappa shape index (κ2) is 7.43. The fourth-order valence-electron chi connectivity index (χ4n) is 3.93. The van der Waals surface area contributed by atoms with Gasteiger partial charge in [-0.25, -0.2) is 0 Å². The van der Waals surface area contributed by atoms with Gasteiger partial charge in [0, 0.05) is 25.6 Å². The number of hydrogen-bond donors (Lipinski definition) is 0. The van der Waals surface area contributed by atoms with Crippen molar-refractivity contribution in [3.63, 3.8) is 0 Å². The number of aromatic nitrogens is 3. The maximum Gasteiger partial charge on any atom is 0.292 e. The molecular formula is C20H22N6O2. The van der Waals surface area contributed by atoms with Gasteiger partial charge in [0.2, 0.25) is 11.7 Å². The quantitative estimate of drug-likeness (QED) is 0.793. The number of amides is 2. The molecule has 2 aromatic rings. The molecule has 2 aliphatic rings. The molecule has 8 heteroatoms. The molecule has 2 amide bonds. The first-order chi connectivity index (χ1) is 13.6. The Bertz CT molecular complexity index is 960. The monoisotopic (exact) mass is 378 g/mol. The Morgan fingerprint density at radius 1 is 1.21 bits per heavy atom. The predicted octanol–water partition coefficient (Wildman–Crippen LogP) is 1.75. The minimum atomic E-state index is -0.255. The maximum atomic E-state index is 13.1. The molecule has 144 valence electrons. The molecule has 0 radical (unpaired) electrons. The lowest BCUT2D eigenvalue weighted by Crippen LogP contribution is -2.57. The molecule has 2 aliphatic heterocycles. The standard InChI is InChI=1S/C20H22N6O2/c1-14-12-26(16-8-5-4-7-15(16)11-21)18(27)13-25(14)20(28)19-23-22-17-9-3-2-6-10-24(17)19/h4-5,7-8,14H,2-3,6,9-10,12-13H2,1H3/t14-/m0/s1. The Morgan fingerprint density at radius 2 is 2.04 bits per heavy atom. The molecule has 1 aromatic carbocycles. The number of fused-ring (bicyclic) bond motifs is 1. The van der Waals surface area contributed by atoms with Crippen LogP contribution in [0.4, 0.5) is 5.69 Å². The van der Waals surface area contributed by atoms with E-state index >= 15 is 0 Å². The number of aryl methyl sites for hydroxylation is 1. The number of hydrogen-bond acceptors (Lipinski definition) is 5. The van der Waals surface area contributed by atoms with Crippen LogP contribution in [-0.2, 0) is 17.8 Å². The number of piperazine rings is 1. The van der Waals surface area contributed by atoms with Gasteiger partial charge in [-0.3, -0.25) is 9.59 Å². The molecule has 28 heavy (non-hydrogen) atoms. The summed E-state index contributed by atoms with van der Waals surface area (Å²) in [5.74, 6) is 0.711. The van der Waals surface area contributed by atoms with Crippen LogP contribution in [0.15, 0.2) is 24.3 Å². The van der Waals surface area contributed by atoms with E-state index in [2.05, 4.69) is 16.3 Å². The van der Waals surface area contributed by atoms with Crippen molar-refractivity contribution in [3.8, 4) is 6.07 Å². The summed E-state index contributed by atoms with van der Waals surface area (Å²) >= 11 is 0. The van der Waals surface area contributed by atoms with Gasteiger partial charge in [0.25, 0.3) is 5.91 Å². The van der Waals surface area contributed by atoms with Crippen LogP contribution in [0, 0.1) is 11.3 Å². The molecule has 0 aliphatic carbocycles. The van der Waals surface area contributed by atoms with Crippen molar-refractivity contribution in [2.75, 3.05) is 18.0 Å². The number of benzene rings is 1. The zero-order chi connectivity index (χ0) is 19.7. The first-order valence-corrected chi connectivity index (χ1v) is 9.62. The van der Waals surface area contributed by atoms with Crippen molar-refractivity contribution in [1.82, 2.24) is 19.7 Å². The van der Waals surface area contributed by atoms with E-state index in [1.807, 2.05) is 11.5 Å². The molecule has 8 nitrogen and oxygen atoms in total. The summed E-state index contributed by atoms with van der Waals surface area (Å²) in [4.78, 5) is 29.1. The van der Waals surface area contributed by atoms with Gasteiger partial charge in [0.05, 0.1) is 11.3 Å². The van der Waals surface area contributed by atoms with Crippen LogP contribution >= 0.6 is 0 Å².